The van der Waals surface area contributed by atoms with Crippen LogP contribution in [0.2, 0.25) is 0 Å². The Morgan fingerprint density at radius 3 is 2.39 bits per heavy atom. The van der Waals surface area contributed by atoms with E-state index in [1.54, 1.807) is 0 Å². The number of nitrogens with one attached hydrogen (secondary N) is 2. The maximum Gasteiger partial charge on any atom is 0.134 e. The first kappa shape index (κ1) is 11.8. The van der Waals surface area contributed by atoms with Crippen LogP contribution < -0.4 is 10.6 Å². The minimum absolute atomic E-state index is 0.602. The molecule has 98 valence electrons. The SMILES string of the molecule is CNc1nc(C)nc(NCC2(C3CC3)CC2)c1C. The molecule has 0 unspecified atom stereocenters. The maximum absolute atomic E-state index is 4.53. The summed E-state index contributed by atoms with van der Waals surface area (Å²) in [5.41, 5.74) is 1.72. The van der Waals surface area contributed by atoms with Gasteiger partial charge in [0.25, 0.3) is 0 Å². The molecule has 0 amide bonds. The van der Waals surface area contributed by atoms with Gasteiger partial charge in [-0.2, -0.15) is 0 Å². The molecule has 0 aliphatic heterocycles. The summed E-state index contributed by atoms with van der Waals surface area (Å²) in [5, 5.41) is 6.69. The molecule has 2 aliphatic carbocycles. The van der Waals surface area contributed by atoms with Crippen molar-refractivity contribution in [2.45, 2.75) is 39.5 Å². The molecule has 0 radical (unpaired) electrons. The Bertz CT molecular complexity index is 461. The van der Waals surface area contributed by atoms with Crippen molar-refractivity contribution < 1.29 is 0 Å². The highest BCUT2D eigenvalue weighted by molar-refractivity contribution is 5.57. The normalized spacial score (nSPS) is 20.6. The van der Waals surface area contributed by atoms with Crippen molar-refractivity contribution >= 4 is 11.6 Å². The van der Waals surface area contributed by atoms with Crippen LogP contribution in [0, 0.1) is 25.2 Å². The van der Waals surface area contributed by atoms with Crippen LogP contribution in [-0.2, 0) is 0 Å². The summed E-state index contributed by atoms with van der Waals surface area (Å²) >= 11 is 0. The number of hydrogen-bond acceptors (Lipinski definition) is 4. The Kier molecular flexibility index (Phi) is 2.68. The molecule has 18 heavy (non-hydrogen) atoms. The summed E-state index contributed by atoms with van der Waals surface area (Å²) < 4.78 is 0. The third kappa shape index (κ3) is 2.04. The lowest BCUT2D eigenvalue weighted by Gasteiger charge is -2.18. The number of aryl methyl sites for hydroxylation is 1. The molecule has 4 heteroatoms. The van der Waals surface area contributed by atoms with Crippen LogP contribution in [-0.4, -0.2) is 23.6 Å². The van der Waals surface area contributed by atoms with E-state index in [2.05, 4.69) is 27.5 Å². The monoisotopic (exact) mass is 246 g/mol. The first-order valence-corrected chi connectivity index (χ1v) is 6.91. The smallest absolute Gasteiger partial charge is 0.134 e. The van der Waals surface area contributed by atoms with E-state index in [0.717, 1.165) is 35.5 Å². The molecule has 0 bridgehead atoms. The molecule has 1 aromatic rings. The molecule has 0 atom stereocenters. The van der Waals surface area contributed by atoms with Gasteiger partial charge in [0.05, 0.1) is 0 Å². The van der Waals surface area contributed by atoms with E-state index < -0.39 is 0 Å². The summed E-state index contributed by atoms with van der Waals surface area (Å²) in [5.74, 6) is 3.74. The van der Waals surface area contributed by atoms with E-state index in [1.807, 2.05) is 14.0 Å². The average molecular weight is 246 g/mol. The van der Waals surface area contributed by atoms with E-state index >= 15 is 0 Å². The van der Waals surface area contributed by atoms with Crippen LogP contribution in [0.4, 0.5) is 11.6 Å². The molecule has 0 spiro atoms. The molecule has 2 aliphatic rings. The van der Waals surface area contributed by atoms with Gasteiger partial charge < -0.3 is 10.6 Å². The lowest BCUT2D eigenvalue weighted by Crippen LogP contribution is -2.19. The van der Waals surface area contributed by atoms with Gasteiger partial charge in [0.1, 0.15) is 17.5 Å². The third-order valence-corrected chi connectivity index (χ3v) is 4.44. The Morgan fingerprint density at radius 1 is 1.17 bits per heavy atom. The second-order valence-electron chi connectivity index (χ2n) is 5.83. The van der Waals surface area contributed by atoms with Gasteiger partial charge in [0, 0.05) is 19.2 Å². The van der Waals surface area contributed by atoms with E-state index in [-0.39, 0.29) is 0 Å². The quantitative estimate of drug-likeness (QED) is 0.838. The number of rotatable bonds is 5. The van der Waals surface area contributed by atoms with E-state index in [1.165, 1.54) is 25.7 Å². The largest absolute Gasteiger partial charge is 0.373 e. The highest BCUT2D eigenvalue weighted by Gasteiger charge is 2.53. The summed E-state index contributed by atoms with van der Waals surface area (Å²) in [6.07, 6.45) is 5.66. The van der Waals surface area contributed by atoms with Gasteiger partial charge in [0.2, 0.25) is 0 Å². The van der Waals surface area contributed by atoms with Gasteiger partial charge in [0.15, 0.2) is 0 Å². The Morgan fingerprint density at radius 2 is 1.83 bits per heavy atom. The van der Waals surface area contributed by atoms with Crippen LogP contribution in [0.1, 0.15) is 37.1 Å². The van der Waals surface area contributed by atoms with Gasteiger partial charge in [-0.3, -0.25) is 0 Å². The zero-order valence-electron chi connectivity index (χ0n) is 11.5. The first-order valence-electron chi connectivity index (χ1n) is 6.91. The molecule has 2 saturated carbocycles. The van der Waals surface area contributed by atoms with Crippen molar-refractivity contribution in [2.75, 3.05) is 24.2 Å². The van der Waals surface area contributed by atoms with Crippen molar-refractivity contribution in [3.05, 3.63) is 11.4 Å². The van der Waals surface area contributed by atoms with Crippen LogP contribution in [0.3, 0.4) is 0 Å². The van der Waals surface area contributed by atoms with Crippen molar-refractivity contribution in [1.82, 2.24) is 9.97 Å². The van der Waals surface area contributed by atoms with Crippen LogP contribution >= 0.6 is 0 Å². The summed E-state index contributed by atoms with van der Waals surface area (Å²) in [7, 11) is 1.91. The van der Waals surface area contributed by atoms with Crippen LogP contribution in [0.15, 0.2) is 0 Å². The van der Waals surface area contributed by atoms with Crippen molar-refractivity contribution in [3.8, 4) is 0 Å². The number of hydrogen-bond donors (Lipinski definition) is 2. The molecular weight excluding hydrogens is 224 g/mol. The summed E-state index contributed by atoms with van der Waals surface area (Å²) in [4.78, 5) is 8.93. The fraction of sp³-hybridized carbons (Fsp3) is 0.714. The predicted octanol–water partition coefficient (Wildman–Crippen LogP) is 2.74. The van der Waals surface area contributed by atoms with E-state index in [0.29, 0.717) is 5.41 Å². The molecule has 0 aromatic carbocycles. The fourth-order valence-corrected chi connectivity index (χ4v) is 2.89. The van der Waals surface area contributed by atoms with E-state index in [9.17, 15) is 0 Å². The van der Waals surface area contributed by atoms with Crippen molar-refractivity contribution in [3.63, 3.8) is 0 Å². The number of nitrogens with zero attached hydrogens (tertiary/aromatic N) is 2. The zero-order valence-corrected chi connectivity index (χ0v) is 11.5. The van der Waals surface area contributed by atoms with Crippen LogP contribution in [0.25, 0.3) is 0 Å². The van der Waals surface area contributed by atoms with Gasteiger partial charge in [-0.15, -0.1) is 0 Å². The minimum atomic E-state index is 0.602. The van der Waals surface area contributed by atoms with Crippen molar-refractivity contribution in [1.29, 1.82) is 0 Å². The highest BCUT2D eigenvalue weighted by Crippen LogP contribution is 2.61. The Labute approximate surface area is 109 Å². The predicted molar refractivity (Wildman–Crippen MR) is 73.9 cm³/mol. The topological polar surface area (TPSA) is 49.8 Å². The zero-order chi connectivity index (χ0) is 12.8. The standard InChI is InChI=1S/C14H22N4/c1-9-12(15-3)17-10(2)18-13(9)16-8-14(6-7-14)11-4-5-11/h11H,4-8H2,1-3H3,(H2,15,16,17,18). The molecular formula is C14H22N4. The minimum Gasteiger partial charge on any atom is -0.373 e. The summed E-state index contributed by atoms with van der Waals surface area (Å²) in [6.45, 7) is 5.10. The summed E-state index contributed by atoms with van der Waals surface area (Å²) in [6, 6.07) is 0. The van der Waals surface area contributed by atoms with Gasteiger partial charge in [-0.05, 0) is 50.9 Å². The molecule has 4 nitrogen and oxygen atoms in total. The van der Waals surface area contributed by atoms with Crippen molar-refractivity contribution in [2.24, 2.45) is 11.3 Å². The van der Waals surface area contributed by atoms with Gasteiger partial charge >= 0.3 is 0 Å². The molecule has 1 aromatic heterocycles. The lowest BCUT2D eigenvalue weighted by atomic mass is 10.0. The molecule has 1 heterocycles. The fourth-order valence-electron chi connectivity index (χ4n) is 2.89. The van der Waals surface area contributed by atoms with Gasteiger partial charge in [-0.1, -0.05) is 0 Å². The average Bonchev–Trinajstić information content (AvgIpc) is 3.21. The molecule has 2 N–H and O–H groups in total. The second-order valence-corrected chi connectivity index (χ2v) is 5.83. The first-order chi connectivity index (χ1) is 8.64. The van der Waals surface area contributed by atoms with Crippen LogP contribution in [0.5, 0.6) is 0 Å². The molecule has 2 fully saturated rings. The number of anilines is 2. The second kappa shape index (κ2) is 4.11. The lowest BCUT2D eigenvalue weighted by molar-refractivity contribution is 0.466. The molecule has 3 rings (SSSR count). The molecule has 0 saturated heterocycles. The highest BCUT2D eigenvalue weighted by atomic mass is 15.1. The Balaban J connectivity index is 1.74. The van der Waals surface area contributed by atoms with E-state index in [4.69, 9.17) is 0 Å². The Hall–Kier alpha value is -1.32. The third-order valence-electron chi connectivity index (χ3n) is 4.44. The number of aromatic nitrogens is 2. The maximum atomic E-state index is 4.53. The van der Waals surface area contributed by atoms with Gasteiger partial charge in [-0.25, -0.2) is 9.97 Å².